The highest BCUT2D eigenvalue weighted by atomic mass is 32.2. The molecule has 0 unspecified atom stereocenters. The lowest BCUT2D eigenvalue weighted by Crippen LogP contribution is -2.48. The predicted molar refractivity (Wildman–Crippen MR) is 96.7 cm³/mol. The van der Waals surface area contributed by atoms with Gasteiger partial charge in [-0.15, -0.1) is 23.5 Å². The van der Waals surface area contributed by atoms with Crippen LogP contribution < -0.4 is 0 Å². The quantitative estimate of drug-likeness (QED) is 0.841. The minimum atomic E-state index is 0.189. The molecule has 3 rings (SSSR count). The summed E-state index contributed by atoms with van der Waals surface area (Å²) in [5.74, 6) is 2.66. The minimum Gasteiger partial charge on any atom is -0.336 e. The maximum Gasteiger partial charge on any atom is 0.253 e. The topological polar surface area (TPSA) is 23.6 Å². The Bertz CT molecular complexity index is 492. The summed E-state index contributed by atoms with van der Waals surface area (Å²) in [6.07, 6.45) is 1.19. The molecule has 0 radical (unpaired) electrons. The maximum atomic E-state index is 12.6. The Hall–Kier alpha value is -0.650. The molecule has 22 heavy (non-hydrogen) atoms. The molecule has 1 amide bonds. The molecule has 1 aromatic carbocycles. The molecule has 2 saturated heterocycles. The van der Waals surface area contributed by atoms with Crippen molar-refractivity contribution in [1.82, 2.24) is 9.80 Å². The van der Waals surface area contributed by atoms with Crippen LogP contribution in [0.1, 0.15) is 33.8 Å². The molecule has 0 bridgehead atoms. The molecule has 0 spiro atoms. The van der Waals surface area contributed by atoms with E-state index >= 15 is 0 Å². The molecule has 2 fully saturated rings. The third kappa shape index (κ3) is 3.81. The van der Waals surface area contributed by atoms with E-state index in [2.05, 4.69) is 24.0 Å². The van der Waals surface area contributed by atoms with Gasteiger partial charge in [0.25, 0.3) is 5.91 Å². The zero-order valence-corrected chi connectivity index (χ0v) is 14.8. The SMILES string of the molecule is CCCN1CCN(C(=O)c2ccc(C3SCCS3)cc2)CC1. The first-order valence-corrected chi connectivity index (χ1v) is 10.2. The smallest absolute Gasteiger partial charge is 0.253 e. The number of hydrogen-bond donors (Lipinski definition) is 0. The van der Waals surface area contributed by atoms with Crippen molar-refractivity contribution in [2.75, 3.05) is 44.2 Å². The van der Waals surface area contributed by atoms with E-state index in [1.165, 1.54) is 23.5 Å². The van der Waals surface area contributed by atoms with Gasteiger partial charge in [-0.25, -0.2) is 0 Å². The molecule has 0 atom stereocenters. The number of carbonyl (C=O) groups is 1. The van der Waals surface area contributed by atoms with E-state index in [0.29, 0.717) is 4.58 Å². The van der Waals surface area contributed by atoms with Crippen LogP contribution in [0.5, 0.6) is 0 Å². The van der Waals surface area contributed by atoms with Gasteiger partial charge >= 0.3 is 0 Å². The maximum absolute atomic E-state index is 12.6. The van der Waals surface area contributed by atoms with Crippen molar-refractivity contribution < 1.29 is 4.79 Å². The van der Waals surface area contributed by atoms with E-state index in [4.69, 9.17) is 0 Å². The molecule has 0 aliphatic carbocycles. The molecule has 0 N–H and O–H groups in total. The van der Waals surface area contributed by atoms with Crippen LogP contribution in [0.3, 0.4) is 0 Å². The van der Waals surface area contributed by atoms with E-state index in [0.717, 1.165) is 38.3 Å². The first-order chi connectivity index (χ1) is 10.8. The Kier molecular flexibility index (Phi) is 5.71. The van der Waals surface area contributed by atoms with Crippen LogP contribution in [-0.4, -0.2) is 59.9 Å². The van der Waals surface area contributed by atoms with Crippen LogP contribution in [0.4, 0.5) is 0 Å². The predicted octanol–water partition coefficient (Wildman–Crippen LogP) is 3.33. The van der Waals surface area contributed by atoms with E-state index in [1.54, 1.807) is 0 Å². The van der Waals surface area contributed by atoms with Crippen LogP contribution in [0.15, 0.2) is 24.3 Å². The van der Waals surface area contributed by atoms with Gasteiger partial charge in [0.2, 0.25) is 0 Å². The molecule has 2 aliphatic heterocycles. The fourth-order valence-electron chi connectivity index (χ4n) is 3.01. The summed E-state index contributed by atoms with van der Waals surface area (Å²) in [7, 11) is 0. The molecule has 5 heteroatoms. The van der Waals surface area contributed by atoms with E-state index in [9.17, 15) is 4.79 Å². The largest absolute Gasteiger partial charge is 0.336 e. The summed E-state index contributed by atoms with van der Waals surface area (Å²) in [5.41, 5.74) is 2.18. The lowest BCUT2D eigenvalue weighted by Gasteiger charge is -2.34. The molecule has 2 heterocycles. The van der Waals surface area contributed by atoms with Gasteiger partial charge in [-0.3, -0.25) is 9.69 Å². The van der Waals surface area contributed by atoms with Gasteiger partial charge in [-0.2, -0.15) is 0 Å². The first-order valence-electron chi connectivity index (χ1n) is 8.12. The summed E-state index contributed by atoms with van der Waals surface area (Å²) in [6.45, 7) is 7.08. The van der Waals surface area contributed by atoms with Crippen molar-refractivity contribution in [2.45, 2.75) is 17.9 Å². The van der Waals surface area contributed by atoms with Gasteiger partial charge in [0.1, 0.15) is 0 Å². The monoisotopic (exact) mass is 336 g/mol. The Morgan fingerprint density at radius 2 is 1.73 bits per heavy atom. The third-order valence-corrected chi connectivity index (χ3v) is 7.36. The molecular weight excluding hydrogens is 312 g/mol. The second-order valence-corrected chi connectivity index (χ2v) is 8.55. The molecule has 2 aliphatic rings. The zero-order valence-electron chi connectivity index (χ0n) is 13.2. The number of rotatable bonds is 4. The number of amides is 1. The molecular formula is C17H24N2OS2. The van der Waals surface area contributed by atoms with E-state index < -0.39 is 0 Å². The van der Waals surface area contributed by atoms with Crippen molar-refractivity contribution in [3.63, 3.8) is 0 Å². The number of piperazine rings is 1. The molecule has 1 aromatic rings. The normalized spacial score (nSPS) is 20.5. The van der Waals surface area contributed by atoms with Crippen LogP contribution in [0, 0.1) is 0 Å². The van der Waals surface area contributed by atoms with Crippen molar-refractivity contribution >= 4 is 29.4 Å². The Morgan fingerprint density at radius 1 is 1.09 bits per heavy atom. The second-order valence-electron chi connectivity index (χ2n) is 5.83. The Labute approximate surface area is 141 Å². The van der Waals surface area contributed by atoms with E-state index in [-0.39, 0.29) is 5.91 Å². The van der Waals surface area contributed by atoms with Gasteiger partial charge in [-0.05, 0) is 30.7 Å². The molecule has 0 aromatic heterocycles. The van der Waals surface area contributed by atoms with Gasteiger partial charge in [-0.1, -0.05) is 19.1 Å². The lowest BCUT2D eigenvalue weighted by atomic mass is 10.1. The van der Waals surface area contributed by atoms with Crippen molar-refractivity contribution in [3.05, 3.63) is 35.4 Å². The summed E-state index contributed by atoms with van der Waals surface area (Å²) in [4.78, 5) is 17.0. The van der Waals surface area contributed by atoms with Gasteiger partial charge < -0.3 is 4.90 Å². The zero-order chi connectivity index (χ0) is 15.4. The van der Waals surface area contributed by atoms with Gasteiger partial charge in [0, 0.05) is 43.2 Å². The van der Waals surface area contributed by atoms with Crippen molar-refractivity contribution in [1.29, 1.82) is 0 Å². The highest BCUT2D eigenvalue weighted by molar-refractivity contribution is 8.19. The summed E-state index contributed by atoms with van der Waals surface area (Å²) in [5, 5.41) is 0. The first kappa shape index (κ1) is 16.2. The molecule has 3 nitrogen and oxygen atoms in total. The van der Waals surface area contributed by atoms with Crippen LogP contribution in [-0.2, 0) is 0 Å². The number of thioether (sulfide) groups is 2. The number of nitrogens with zero attached hydrogens (tertiary/aromatic N) is 2. The Morgan fingerprint density at radius 3 is 2.32 bits per heavy atom. The average molecular weight is 337 g/mol. The van der Waals surface area contributed by atoms with Crippen LogP contribution >= 0.6 is 23.5 Å². The minimum absolute atomic E-state index is 0.189. The molecule has 120 valence electrons. The Balaban J connectivity index is 1.58. The highest BCUT2D eigenvalue weighted by Crippen LogP contribution is 2.45. The summed E-state index contributed by atoms with van der Waals surface area (Å²) in [6, 6.07) is 8.29. The van der Waals surface area contributed by atoms with Gasteiger partial charge in [0.15, 0.2) is 0 Å². The third-order valence-electron chi connectivity index (χ3n) is 4.25. The van der Waals surface area contributed by atoms with Crippen molar-refractivity contribution in [3.8, 4) is 0 Å². The van der Waals surface area contributed by atoms with Crippen molar-refractivity contribution in [2.24, 2.45) is 0 Å². The second kappa shape index (κ2) is 7.75. The fraction of sp³-hybridized carbons (Fsp3) is 0.588. The molecule has 0 saturated carbocycles. The lowest BCUT2D eigenvalue weighted by molar-refractivity contribution is 0.0637. The number of hydrogen-bond acceptors (Lipinski definition) is 4. The van der Waals surface area contributed by atoms with Crippen LogP contribution in [0.25, 0.3) is 0 Å². The highest BCUT2D eigenvalue weighted by Gasteiger charge is 2.22. The number of benzene rings is 1. The standard InChI is InChI=1S/C17H24N2OS2/c1-2-7-18-8-10-19(11-9-18)16(20)14-3-5-15(6-4-14)17-21-12-13-22-17/h3-6,17H,2,7-13H2,1H3. The van der Waals surface area contributed by atoms with Gasteiger partial charge in [0.05, 0.1) is 4.58 Å². The summed E-state index contributed by atoms with van der Waals surface area (Å²) >= 11 is 4.01. The summed E-state index contributed by atoms with van der Waals surface area (Å²) < 4.78 is 0.557. The van der Waals surface area contributed by atoms with Crippen LogP contribution in [0.2, 0.25) is 0 Å². The number of carbonyl (C=O) groups excluding carboxylic acids is 1. The average Bonchev–Trinajstić information content (AvgIpc) is 3.10. The van der Waals surface area contributed by atoms with E-state index in [1.807, 2.05) is 40.6 Å². The fourth-order valence-corrected chi connectivity index (χ4v) is 5.87.